The number of hydrogen-bond acceptors (Lipinski definition) is 3. The molecular weight excluding hydrogens is 430 g/mol. The molecule has 4 heteroatoms. The van der Waals surface area contributed by atoms with E-state index in [1.165, 1.54) is 28.7 Å². The lowest BCUT2D eigenvalue weighted by molar-refractivity contribution is 0.102. The lowest BCUT2D eigenvalue weighted by Crippen LogP contribution is -2.30. The molecule has 0 spiro atoms. The lowest BCUT2D eigenvalue weighted by Gasteiger charge is -2.22. The molecule has 0 aromatic heterocycles. The number of nitrogens with zero attached hydrogens (tertiary/aromatic N) is 2. The highest BCUT2D eigenvalue weighted by molar-refractivity contribution is 6.04. The Balaban J connectivity index is 1.28. The summed E-state index contributed by atoms with van der Waals surface area (Å²) < 4.78 is 0. The topological polar surface area (TPSA) is 35.6 Å². The molecule has 0 radical (unpaired) electrons. The van der Waals surface area contributed by atoms with Crippen molar-refractivity contribution in [3.05, 3.63) is 101 Å². The molecule has 4 nitrogen and oxygen atoms in total. The van der Waals surface area contributed by atoms with Gasteiger partial charge in [0, 0.05) is 37.4 Å². The number of aryl methyl sites for hydroxylation is 1. The SMILES string of the molecule is Cc1ccccc1CN1CCCN(Cc2ccc(C(=O)Nc3ccc(C(C)(C)C)cc3)cc2)CC1. The maximum Gasteiger partial charge on any atom is 0.255 e. The average Bonchev–Trinajstić information content (AvgIpc) is 3.06. The van der Waals surface area contributed by atoms with Crippen molar-refractivity contribution in [3.63, 3.8) is 0 Å². The second-order valence-corrected chi connectivity index (χ2v) is 10.8. The number of carbonyl (C=O) groups excluding carboxylic acids is 1. The Kier molecular flexibility index (Phi) is 8.04. The fourth-order valence-electron chi connectivity index (χ4n) is 4.65. The van der Waals surface area contributed by atoms with Crippen molar-refractivity contribution in [2.75, 3.05) is 31.5 Å². The molecule has 0 unspecified atom stereocenters. The van der Waals surface area contributed by atoms with Crippen LogP contribution in [-0.2, 0) is 18.5 Å². The summed E-state index contributed by atoms with van der Waals surface area (Å²) in [6, 6.07) is 24.9. The van der Waals surface area contributed by atoms with Gasteiger partial charge in [-0.25, -0.2) is 0 Å². The summed E-state index contributed by atoms with van der Waals surface area (Å²) in [5.41, 5.74) is 6.93. The van der Waals surface area contributed by atoms with Crippen molar-refractivity contribution in [1.29, 1.82) is 0 Å². The van der Waals surface area contributed by atoms with E-state index < -0.39 is 0 Å². The predicted molar refractivity (Wildman–Crippen MR) is 146 cm³/mol. The third-order valence-corrected chi connectivity index (χ3v) is 6.97. The molecule has 1 fully saturated rings. The Hall–Kier alpha value is -2.95. The van der Waals surface area contributed by atoms with E-state index in [0.29, 0.717) is 5.56 Å². The molecule has 184 valence electrons. The largest absolute Gasteiger partial charge is 0.322 e. The van der Waals surface area contributed by atoms with Crippen LogP contribution in [0.1, 0.15) is 59.8 Å². The highest BCUT2D eigenvalue weighted by Crippen LogP contribution is 2.24. The molecule has 1 heterocycles. The number of nitrogens with one attached hydrogen (secondary N) is 1. The number of anilines is 1. The standard InChI is InChI=1S/C31H39N3O/c1-24-8-5-6-9-27(24)23-34-19-7-18-33(20-21-34)22-25-10-12-26(13-11-25)30(35)32-29-16-14-28(15-17-29)31(2,3)4/h5-6,8-17H,7,18-23H2,1-4H3,(H,32,35). The summed E-state index contributed by atoms with van der Waals surface area (Å²) in [7, 11) is 0. The lowest BCUT2D eigenvalue weighted by atomic mass is 9.87. The molecule has 1 aliphatic rings. The van der Waals surface area contributed by atoms with E-state index in [2.05, 4.69) is 91.3 Å². The molecule has 4 rings (SSSR count). The van der Waals surface area contributed by atoms with Gasteiger partial charge in [-0.05, 0) is 78.4 Å². The first-order valence-corrected chi connectivity index (χ1v) is 12.8. The fraction of sp³-hybridized carbons (Fsp3) is 0.387. The Morgan fingerprint density at radius 1 is 0.800 bits per heavy atom. The van der Waals surface area contributed by atoms with E-state index in [-0.39, 0.29) is 11.3 Å². The molecule has 0 atom stereocenters. The van der Waals surface area contributed by atoms with Crippen molar-refractivity contribution in [1.82, 2.24) is 9.80 Å². The summed E-state index contributed by atoms with van der Waals surface area (Å²) in [6.07, 6.45) is 1.18. The number of hydrogen-bond donors (Lipinski definition) is 1. The van der Waals surface area contributed by atoms with E-state index in [9.17, 15) is 4.79 Å². The van der Waals surface area contributed by atoms with Gasteiger partial charge in [-0.1, -0.05) is 69.3 Å². The van der Waals surface area contributed by atoms with Crippen LogP contribution in [0.15, 0.2) is 72.8 Å². The van der Waals surface area contributed by atoms with Crippen LogP contribution < -0.4 is 5.32 Å². The summed E-state index contributed by atoms with van der Waals surface area (Å²) in [5.74, 6) is -0.0679. The zero-order valence-corrected chi connectivity index (χ0v) is 21.7. The monoisotopic (exact) mass is 469 g/mol. The van der Waals surface area contributed by atoms with E-state index in [0.717, 1.165) is 45.0 Å². The molecule has 0 saturated carbocycles. The van der Waals surface area contributed by atoms with Gasteiger partial charge < -0.3 is 5.32 Å². The number of amides is 1. The first-order chi connectivity index (χ1) is 16.8. The Morgan fingerprint density at radius 2 is 1.43 bits per heavy atom. The van der Waals surface area contributed by atoms with Gasteiger partial charge in [0.05, 0.1) is 0 Å². The maximum absolute atomic E-state index is 12.7. The Bertz CT molecular complexity index is 1110. The van der Waals surface area contributed by atoms with Crippen LogP contribution in [0.25, 0.3) is 0 Å². The van der Waals surface area contributed by atoms with E-state index in [1.807, 2.05) is 24.3 Å². The third-order valence-electron chi connectivity index (χ3n) is 6.97. The van der Waals surface area contributed by atoms with Gasteiger partial charge in [0.25, 0.3) is 5.91 Å². The summed E-state index contributed by atoms with van der Waals surface area (Å²) in [5, 5.41) is 3.02. The Morgan fingerprint density at radius 3 is 2.06 bits per heavy atom. The zero-order valence-electron chi connectivity index (χ0n) is 21.7. The number of carbonyl (C=O) groups is 1. The molecule has 0 aliphatic carbocycles. The van der Waals surface area contributed by atoms with Crippen molar-refractivity contribution < 1.29 is 4.79 Å². The molecule has 3 aromatic rings. The fourth-order valence-corrected chi connectivity index (χ4v) is 4.65. The summed E-state index contributed by atoms with van der Waals surface area (Å²) in [6.45, 7) is 15.1. The molecular formula is C31H39N3O. The highest BCUT2D eigenvalue weighted by atomic mass is 16.1. The second kappa shape index (κ2) is 11.2. The van der Waals surface area contributed by atoms with Crippen LogP contribution in [0.3, 0.4) is 0 Å². The van der Waals surface area contributed by atoms with Crippen LogP contribution in [0.4, 0.5) is 5.69 Å². The Labute approximate surface area is 211 Å². The minimum atomic E-state index is -0.0679. The molecule has 1 saturated heterocycles. The molecule has 35 heavy (non-hydrogen) atoms. The number of rotatable bonds is 6. The van der Waals surface area contributed by atoms with E-state index >= 15 is 0 Å². The maximum atomic E-state index is 12.7. The van der Waals surface area contributed by atoms with Crippen LogP contribution in [0.2, 0.25) is 0 Å². The molecule has 1 amide bonds. The van der Waals surface area contributed by atoms with Crippen LogP contribution in [0, 0.1) is 6.92 Å². The first kappa shape index (κ1) is 25.2. The minimum Gasteiger partial charge on any atom is -0.322 e. The van der Waals surface area contributed by atoms with Crippen LogP contribution >= 0.6 is 0 Å². The van der Waals surface area contributed by atoms with Crippen molar-refractivity contribution in [3.8, 4) is 0 Å². The van der Waals surface area contributed by atoms with Crippen molar-refractivity contribution in [2.45, 2.75) is 52.6 Å². The molecule has 3 aromatic carbocycles. The van der Waals surface area contributed by atoms with Crippen LogP contribution in [0.5, 0.6) is 0 Å². The normalized spacial score (nSPS) is 15.5. The van der Waals surface area contributed by atoms with Crippen LogP contribution in [-0.4, -0.2) is 41.9 Å². The summed E-state index contributed by atoms with van der Waals surface area (Å²) in [4.78, 5) is 17.8. The minimum absolute atomic E-state index is 0.0679. The van der Waals surface area contributed by atoms with Gasteiger partial charge in [0.2, 0.25) is 0 Å². The molecule has 1 N–H and O–H groups in total. The third kappa shape index (κ3) is 7.03. The predicted octanol–water partition coefficient (Wildman–Crippen LogP) is 6.25. The van der Waals surface area contributed by atoms with Gasteiger partial charge in [0.15, 0.2) is 0 Å². The quantitative estimate of drug-likeness (QED) is 0.463. The first-order valence-electron chi connectivity index (χ1n) is 12.8. The van der Waals surface area contributed by atoms with Gasteiger partial charge in [-0.15, -0.1) is 0 Å². The molecule has 1 aliphatic heterocycles. The van der Waals surface area contributed by atoms with Crippen molar-refractivity contribution in [2.24, 2.45) is 0 Å². The number of benzene rings is 3. The van der Waals surface area contributed by atoms with Gasteiger partial charge >= 0.3 is 0 Å². The smallest absolute Gasteiger partial charge is 0.255 e. The summed E-state index contributed by atoms with van der Waals surface area (Å²) >= 11 is 0. The van der Waals surface area contributed by atoms with Gasteiger partial charge in [-0.2, -0.15) is 0 Å². The average molecular weight is 470 g/mol. The second-order valence-electron chi connectivity index (χ2n) is 10.8. The van der Waals surface area contributed by atoms with Gasteiger partial charge in [0.1, 0.15) is 0 Å². The van der Waals surface area contributed by atoms with Crippen molar-refractivity contribution >= 4 is 11.6 Å². The van der Waals surface area contributed by atoms with Gasteiger partial charge in [-0.3, -0.25) is 14.6 Å². The van der Waals surface area contributed by atoms with E-state index in [1.54, 1.807) is 0 Å². The highest BCUT2D eigenvalue weighted by Gasteiger charge is 2.17. The van der Waals surface area contributed by atoms with E-state index in [4.69, 9.17) is 0 Å². The zero-order chi connectivity index (χ0) is 24.8. The molecule has 0 bridgehead atoms.